The number of rotatable bonds is 9. The lowest BCUT2D eigenvalue weighted by molar-refractivity contribution is -0.149. The average molecular weight is 476 g/mol. The highest BCUT2D eigenvalue weighted by Gasteiger charge is 2.39. The lowest BCUT2D eigenvalue weighted by Gasteiger charge is -2.31. The van der Waals surface area contributed by atoms with Crippen LogP contribution in [-0.2, 0) is 25.7 Å². The quantitative estimate of drug-likeness (QED) is 0.526. The first-order valence-electron chi connectivity index (χ1n) is 11.1. The number of amides is 3. The number of carbonyl (C=O) groups is 4. The number of alkyl carbamates (subject to hydrolysis) is 1. The maximum Gasteiger partial charge on any atom is 0.410 e. The van der Waals surface area contributed by atoms with Crippen molar-refractivity contribution in [1.29, 1.82) is 0 Å². The van der Waals surface area contributed by atoms with Crippen LogP contribution < -0.4 is 5.32 Å². The Balaban J connectivity index is 2.19. The fraction of sp³-hybridized carbons (Fsp3) is 0.500. The van der Waals surface area contributed by atoms with Crippen molar-refractivity contribution in [2.75, 3.05) is 19.6 Å². The van der Waals surface area contributed by atoms with Gasteiger partial charge in [0.1, 0.15) is 24.3 Å². The standard InChI is InChI=1S/C24H33N3O7/c1-5-13-26(23(32)33-16-17-10-7-6-8-11-17)15-18(25-22(31)34-24(2,3)4)20(28)27-14-9-12-19(27)21(29)30/h5-8,10-11,18-19H,1,9,12-16H2,2-4H3,(H,25,31)(H,29,30)/t18-,19-/m0/s1. The number of benzene rings is 1. The lowest BCUT2D eigenvalue weighted by atomic mass is 10.2. The summed E-state index contributed by atoms with van der Waals surface area (Å²) in [5, 5.41) is 12.0. The summed E-state index contributed by atoms with van der Waals surface area (Å²) in [6, 6.07) is 6.86. The molecule has 1 fully saturated rings. The molecule has 1 aromatic rings. The highest BCUT2D eigenvalue weighted by Crippen LogP contribution is 2.19. The van der Waals surface area contributed by atoms with Crippen LogP contribution in [0.15, 0.2) is 43.0 Å². The molecule has 0 bridgehead atoms. The first-order valence-corrected chi connectivity index (χ1v) is 11.1. The van der Waals surface area contributed by atoms with E-state index in [9.17, 15) is 24.3 Å². The maximum atomic E-state index is 13.3. The summed E-state index contributed by atoms with van der Waals surface area (Å²) < 4.78 is 10.6. The van der Waals surface area contributed by atoms with Gasteiger partial charge in [0.05, 0.1) is 6.54 Å². The van der Waals surface area contributed by atoms with Crippen LogP contribution in [0.2, 0.25) is 0 Å². The SMILES string of the molecule is C=CCN(C[C@H](NC(=O)OC(C)(C)C)C(=O)N1CCC[C@H]1C(=O)O)C(=O)OCc1ccccc1. The second-order valence-corrected chi connectivity index (χ2v) is 8.96. The molecule has 3 amide bonds. The fourth-order valence-electron chi connectivity index (χ4n) is 3.53. The van der Waals surface area contributed by atoms with Gasteiger partial charge >= 0.3 is 18.2 Å². The molecule has 0 aliphatic carbocycles. The smallest absolute Gasteiger partial charge is 0.410 e. The Bertz CT molecular complexity index is 882. The van der Waals surface area contributed by atoms with E-state index in [2.05, 4.69) is 11.9 Å². The molecule has 2 rings (SSSR count). The molecule has 1 saturated heterocycles. The number of nitrogens with zero attached hydrogens (tertiary/aromatic N) is 2. The molecule has 1 aliphatic rings. The van der Waals surface area contributed by atoms with Crippen molar-refractivity contribution in [1.82, 2.24) is 15.1 Å². The molecule has 34 heavy (non-hydrogen) atoms. The molecule has 0 aromatic heterocycles. The Morgan fingerprint density at radius 2 is 1.94 bits per heavy atom. The highest BCUT2D eigenvalue weighted by atomic mass is 16.6. The largest absolute Gasteiger partial charge is 0.480 e. The van der Waals surface area contributed by atoms with Crippen molar-refractivity contribution in [2.24, 2.45) is 0 Å². The van der Waals surface area contributed by atoms with Crippen molar-refractivity contribution in [3.05, 3.63) is 48.6 Å². The van der Waals surface area contributed by atoms with Crippen molar-refractivity contribution < 1.29 is 33.8 Å². The Hall–Kier alpha value is -3.56. The minimum absolute atomic E-state index is 0.0264. The number of hydrogen-bond acceptors (Lipinski definition) is 6. The molecular weight excluding hydrogens is 442 g/mol. The molecule has 1 aliphatic heterocycles. The van der Waals surface area contributed by atoms with Gasteiger partial charge < -0.3 is 29.7 Å². The van der Waals surface area contributed by atoms with Gasteiger partial charge in [-0.1, -0.05) is 36.4 Å². The molecule has 186 valence electrons. The third-order valence-electron chi connectivity index (χ3n) is 5.03. The van der Waals surface area contributed by atoms with Gasteiger partial charge in [-0.3, -0.25) is 4.79 Å². The van der Waals surface area contributed by atoms with Crippen LogP contribution in [0.1, 0.15) is 39.2 Å². The van der Waals surface area contributed by atoms with Crippen molar-refractivity contribution in [2.45, 2.75) is 57.9 Å². The second kappa shape index (κ2) is 12.1. The van der Waals surface area contributed by atoms with Crippen LogP contribution in [0, 0.1) is 0 Å². The van der Waals surface area contributed by atoms with E-state index in [1.807, 2.05) is 18.2 Å². The number of hydrogen-bond donors (Lipinski definition) is 2. The predicted octanol–water partition coefficient (Wildman–Crippen LogP) is 2.78. The van der Waals surface area contributed by atoms with Crippen LogP contribution in [0.3, 0.4) is 0 Å². The molecule has 2 atom stereocenters. The molecule has 1 heterocycles. The van der Waals surface area contributed by atoms with Gasteiger partial charge in [0, 0.05) is 13.1 Å². The zero-order chi connectivity index (χ0) is 25.3. The topological polar surface area (TPSA) is 125 Å². The summed E-state index contributed by atoms with van der Waals surface area (Å²) in [6.07, 6.45) is 0.749. The summed E-state index contributed by atoms with van der Waals surface area (Å²) in [6.45, 7) is 8.74. The third-order valence-corrected chi connectivity index (χ3v) is 5.03. The summed E-state index contributed by atoms with van der Waals surface area (Å²) in [5.41, 5.74) is -0.0278. The number of ether oxygens (including phenoxy) is 2. The number of nitrogens with one attached hydrogen (secondary N) is 1. The van der Waals surface area contributed by atoms with E-state index in [0.29, 0.717) is 12.8 Å². The summed E-state index contributed by atoms with van der Waals surface area (Å²) >= 11 is 0. The zero-order valence-corrected chi connectivity index (χ0v) is 19.9. The normalized spacial score (nSPS) is 16.3. The van der Waals surface area contributed by atoms with Crippen LogP contribution >= 0.6 is 0 Å². The van der Waals surface area contributed by atoms with E-state index in [0.717, 1.165) is 5.56 Å². The first-order chi connectivity index (χ1) is 16.0. The number of carbonyl (C=O) groups excluding carboxylic acids is 3. The van der Waals surface area contributed by atoms with Gasteiger partial charge in [-0.25, -0.2) is 14.4 Å². The first kappa shape index (κ1) is 26.7. The number of carboxylic acid groups (broad SMARTS) is 1. The van der Waals surface area contributed by atoms with Gasteiger partial charge in [-0.05, 0) is 39.2 Å². The summed E-state index contributed by atoms with van der Waals surface area (Å²) in [4.78, 5) is 52.5. The highest BCUT2D eigenvalue weighted by molar-refractivity contribution is 5.90. The molecule has 0 unspecified atom stereocenters. The number of aliphatic carboxylic acids is 1. The van der Waals surface area contributed by atoms with E-state index in [-0.39, 0.29) is 26.2 Å². The van der Waals surface area contributed by atoms with Crippen molar-refractivity contribution in [3.63, 3.8) is 0 Å². The molecule has 10 heteroatoms. The van der Waals surface area contributed by atoms with Crippen molar-refractivity contribution in [3.8, 4) is 0 Å². The van der Waals surface area contributed by atoms with Gasteiger partial charge in [0.25, 0.3) is 0 Å². The van der Waals surface area contributed by atoms with Gasteiger partial charge in [0.2, 0.25) is 5.91 Å². The van der Waals surface area contributed by atoms with Crippen LogP contribution in [0.5, 0.6) is 0 Å². The number of carboxylic acids is 1. The van der Waals surface area contributed by atoms with E-state index < -0.39 is 41.7 Å². The fourth-order valence-corrected chi connectivity index (χ4v) is 3.53. The van der Waals surface area contributed by atoms with Crippen molar-refractivity contribution >= 4 is 24.1 Å². The van der Waals surface area contributed by atoms with Crippen LogP contribution in [0.4, 0.5) is 9.59 Å². The van der Waals surface area contributed by atoms with Gasteiger partial charge in [-0.15, -0.1) is 6.58 Å². The Morgan fingerprint density at radius 1 is 1.26 bits per heavy atom. The molecule has 2 N–H and O–H groups in total. The average Bonchev–Trinajstić information content (AvgIpc) is 3.26. The molecule has 1 aromatic carbocycles. The van der Waals surface area contributed by atoms with E-state index in [1.165, 1.54) is 15.9 Å². The summed E-state index contributed by atoms with van der Waals surface area (Å²) in [7, 11) is 0. The zero-order valence-electron chi connectivity index (χ0n) is 19.9. The monoisotopic (exact) mass is 475 g/mol. The Morgan fingerprint density at radius 3 is 2.53 bits per heavy atom. The molecule has 0 radical (unpaired) electrons. The third kappa shape index (κ3) is 8.09. The van der Waals surface area contributed by atoms with E-state index >= 15 is 0 Å². The number of likely N-dealkylation sites (tertiary alicyclic amines) is 1. The van der Waals surface area contributed by atoms with Gasteiger partial charge in [0.15, 0.2) is 0 Å². The van der Waals surface area contributed by atoms with Crippen LogP contribution in [-0.4, -0.2) is 76.3 Å². The molecule has 0 saturated carbocycles. The minimum Gasteiger partial charge on any atom is -0.480 e. The Labute approximate surface area is 199 Å². The van der Waals surface area contributed by atoms with Gasteiger partial charge in [-0.2, -0.15) is 0 Å². The molecule has 0 spiro atoms. The molecule has 10 nitrogen and oxygen atoms in total. The predicted molar refractivity (Wildman–Crippen MR) is 124 cm³/mol. The minimum atomic E-state index is -1.24. The van der Waals surface area contributed by atoms with Crippen LogP contribution in [0.25, 0.3) is 0 Å². The second-order valence-electron chi connectivity index (χ2n) is 8.96. The Kier molecular flexibility index (Phi) is 9.47. The molecular formula is C24H33N3O7. The summed E-state index contributed by atoms with van der Waals surface area (Å²) in [5.74, 6) is -1.73. The maximum absolute atomic E-state index is 13.3. The van der Waals surface area contributed by atoms with E-state index in [4.69, 9.17) is 9.47 Å². The lowest BCUT2D eigenvalue weighted by Crippen LogP contribution is -2.57. The van der Waals surface area contributed by atoms with E-state index in [1.54, 1.807) is 32.9 Å².